The standard InChI is InChI=1S/C15H22N4O3/c1-2-3-5-15(18-19-15)6-4-12(20)17-11-14(13(16)21)7-9-22-10-8-14/h1H,3-11H2,(H2,16,21)(H,17,20). The van der Waals surface area contributed by atoms with Gasteiger partial charge in [-0.3, -0.25) is 9.59 Å². The van der Waals surface area contributed by atoms with E-state index in [4.69, 9.17) is 16.9 Å². The summed E-state index contributed by atoms with van der Waals surface area (Å²) in [6.07, 6.45) is 8.44. The van der Waals surface area contributed by atoms with E-state index in [1.807, 2.05) is 0 Å². The molecule has 0 saturated carbocycles. The molecular weight excluding hydrogens is 284 g/mol. The number of carbonyl (C=O) groups is 2. The van der Waals surface area contributed by atoms with E-state index in [0.717, 1.165) is 0 Å². The largest absolute Gasteiger partial charge is 0.381 e. The predicted octanol–water partition coefficient (Wildman–Crippen LogP) is 0.740. The zero-order valence-corrected chi connectivity index (χ0v) is 12.6. The maximum Gasteiger partial charge on any atom is 0.225 e. The molecule has 2 amide bonds. The highest BCUT2D eigenvalue weighted by molar-refractivity contribution is 5.83. The molecule has 7 heteroatoms. The Balaban J connectivity index is 1.75. The van der Waals surface area contributed by atoms with E-state index in [-0.39, 0.29) is 18.4 Å². The highest BCUT2D eigenvalue weighted by Crippen LogP contribution is 2.37. The van der Waals surface area contributed by atoms with Gasteiger partial charge in [0.05, 0.1) is 5.41 Å². The number of hydrogen-bond donors (Lipinski definition) is 2. The molecular formula is C15H22N4O3. The Hall–Kier alpha value is -1.94. The number of amides is 2. The van der Waals surface area contributed by atoms with Gasteiger partial charge in [-0.25, -0.2) is 0 Å². The molecule has 2 aliphatic rings. The highest BCUT2D eigenvalue weighted by Gasteiger charge is 2.40. The second-order valence-electron chi connectivity index (χ2n) is 5.92. The van der Waals surface area contributed by atoms with Crippen LogP contribution in [0.25, 0.3) is 0 Å². The summed E-state index contributed by atoms with van der Waals surface area (Å²) in [7, 11) is 0. The summed E-state index contributed by atoms with van der Waals surface area (Å²) in [5, 5.41) is 10.8. The summed E-state index contributed by atoms with van der Waals surface area (Å²) >= 11 is 0. The third-order valence-corrected chi connectivity index (χ3v) is 4.40. The molecule has 0 radical (unpaired) electrons. The van der Waals surface area contributed by atoms with Crippen LogP contribution in [0.4, 0.5) is 0 Å². The first-order valence-electron chi connectivity index (χ1n) is 7.54. The smallest absolute Gasteiger partial charge is 0.225 e. The molecule has 1 saturated heterocycles. The molecule has 120 valence electrons. The van der Waals surface area contributed by atoms with Crippen molar-refractivity contribution in [3.05, 3.63) is 0 Å². The molecule has 0 spiro atoms. The number of terminal acetylenes is 1. The lowest BCUT2D eigenvalue weighted by molar-refractivity contribution is -0.134. The number of hydrogen-bond acceptors (Lipinski definition) is 5. The van der Waals surface area contributed by atoms with Crippen molar-refractivity contribution >= 4 is 11.8 Å². The quantitative estimate of drug-likeness (QED) is 0.646. The number of rotatable bonds is 8. The van der Waals surface area contributed by atoms with Crippen molar-refractivity contribution in [1.29, 1.82) is 0 Å². The molecule has 2 heterocycles. The van der Waals surface area contributed by atoms with Gasteiger partial charge in [-0.2, -0.15) is 10.2 Å². The number of primary amides is 1. The van der Waals surface area contributed by atoms with Gasteiger partial charge in [0.1, 0.15) is 0 Å². The number of nitrogens with two attached hydrogens (primary N) is 1. The van der Waals surface area contributed by atoms with E-state index in [1.54, 1.807) is 0 Å². The fourth-order valence-corrected chi connectivity index (χ4v) is 2.61. The summed E-state index contributed by atoms with van der Waals surface area (Å²) in [5.41, 5.74) is 4.36. The van der Waals surface area contributed by atoms with Crippen LogP contribution in [-0.4, -0.2) is 37.2 Å². The monoisotopic (exact) mass is 306 g/mol. The second-order valence-corrected chi connectivity index (χ2v) is 5.92. The highest BCUT2D eigenvalue weighted by atomic mass is 16.5. The van der Waals surface area contributed by atoms with Gasteiger partial charge >= 0.3 is 0 Å². The molecule has 3 N–H and O–H groups in total. The van der Waals surface area contributed by atoms with Crippen LogP contribution < -0.4 is 11.1 Å². The van der Waals surface area contributed by atoms with E-state index in [2.05, 4.69) is 21.5 Å². The third-order valence-electron chi connectivity index (χ3n) is 4.40. The van der Waals surface area contributed by atoms with Crippen LogP contribution in [0.5, 0.6) is 0 Å². The van der Waals surface area contributed by atoms with Crippen LogP contribution in [0.2, 0.25) is 0 Å². The summed E-state index contributed by atoms with van der Waals surface area (Å²) in [6, 6.07) is 0. The maximum absolute atomic E-state index is 12.0. The Morgan fingerprint density at radius 1 is 1.27 bits per heavy atom. The Bertz CT molecular complexity index is 497. The van der Waals surface area contributed by atoms with Gasteiger partial charge < -0.3 is 15.8 Å². The van der Waals surface area contributed by atoms with Gasteiger partial charge in [0, 0.05) is 45.4 Å². The van der Waals surface area contributed by atoms with E-state index in [1.165, 1.54) is 0 Å². The Labute approximate surface area is 130 Å². The number of ether oxygens (including phenoxy) is 1. The minimum absolute atomic E-state index is 0.121. The minimum atomic E-state index is -0.691. The first-order valence-corrected chi connectivity index (χ1v) is 7.54. The zero-order chi connectivity index (χ0) is 16.1. The molecule has 0 aromatic carbocycles. The number of nitrogens with one attached hydrogen (secondary N) is 1. The van der Waals surface area contributed by atoms with Crippen molar-refractivity contribution in [1.82, 2.24) is 5.32 Å². The Morgan fingerprint density at radius 3 is 2.50 bits per heavy atom. The van der Waals surface area contributed by atoms with Gasteiger partial charge in [-0.15, -0.1) is 12.3 Å². The molecule has 1 fully saturated rings. The normalized spacial score (nSPS) is 20.9. The van der Waals surface area contributed by atoms with E-state index >= 15 is 0 Å². The van der Waals surface area contributed by atoms with Crippen LogP contribution in [-0.2, 0) is 14.3 Å². The Kier molecular flexibility index (Phi) is 5.14. The topological polar surface area (TPSA) is 106 Å². The molecule has 0 bridgehead atoms. The van der Waals surface area contributed by atoms with Gasteiger partial charge in [-0.05, 0) is 12.8 Å². The molecule has 22 heavy (non-hydrogen) atoms. The molecule has 7 nitrogen and oxygen atoms in total. The van der Waals surface area contributed by atoms with Gasteiger partial charge in [-0.1, -0.05) is 0 Å². The van der Waals surface area contributed by atoms with Crippen LogP contribution >= 0.6 is 0 Å². The van der Waals surface area contributed by atoms with Crippen molar-refractivity contribution in [2.75, 3.05) is 19.8 Å². The minimum Gasteiger partial charge on any atom is -0.381 e. The lowest BCUT2D eigenvalue weighted by Crippen LogP contribution is -2.49. The van der Waals surface area contributed by atoms with Crippen molar-refractivity contribution in [3.8, 4) is 12.3 Å². The van der Waals surface area contributed by atoms with Crippen LogP contribution in [0, 0.1) is 17.8 Å². The third kappa shape index (κ3) is 4.04. The van der Waals surface area contributed by atoms with Crippen LogP contribution in [0.15, 0.2) is 10.2 Å². The average molecular weight is 306 g/mol. The SMILES string of the molecule is C#CCCC1(CCC(=O)NCC2(C(N)=O)CCOCC2)N=N1. The van der Waals surface area contributed by atoms with Gasteiger partial charge in [0.25, 0.3) is 0 Å². The lowest BCUT2D eigenvalue weighted by Gasteiger charge is -2.34. The van der Waals surface area contributed by atoms with Crippen LogP contribution in [0.3, 0.4) is 0 Å². The molecule has 0 atom stereocenters. The van der Waals surface area contributed by atoms with E-state index < -0.39 is 11.1 Å². The fourth-order valence-electron chi connectivity index (χ4n) is 2.61. The first kappa shape index (κ1) is 16.4. The summed E-state index contributed by atoms with van der Waals surface area (Å²) in [6.45, 7) is 1.24. The summed E-state index contributed by atoms with van der Waals surface area (Å²) < 4.78 is 5.26. The predicted molar refractivity (Wildman–Crippen MR) is 79.6 cm³/mol. The maximum atomic E-state index is 12.0. The first-order chi connectivity index (χ1) is 10.5. The van der Waals surface area contributed by atoms with Gasteiger partial charge in [0.2, 0.25) is 11.8 Å². The zero-order valence-electron chi connectivity index (χ0n) is 12.6. The molecule has 0 unspecified atom stereocenters. The summed E-state index contributed by atoms with van der Waals surface area (Å²) in [4.78, 5) is 23.7. The second kappa shape index (κ2) is 6.88. The van der Waals surface area contributed by atoms with E-state index in [9.17, 15) is 9.59 Å². The fraction of sp³-hybridized carbons (Fsp3) is 0.733. The molecule has 0 aliphatic carbocycles. The van der Waals surface area contributed by atoms with Gasteiger partial charge in [0.15, 0.2) is 5.66 Å². The molecule has 2 aliphatic heterocycles. The van der Waals surface area contributed by atoms with Crippen molar-refractivity contribution in [3.63, 3.8) is 0 Å². The Morgan fingerprint density at radius 2 is 1.95 bits per heavy atom. The van der Waals surface area contributed by atoms with Crippen molar-refractivity contribution < 1.29 is 14.3 Å². The molecule has 0 aromatic rings. The average Bonchev–Trinajstić information content (AvgIpc) is 3.30. The summed E-state index contributed by atoms with van der Waals surface area (Å²) in [5.74, 6) is 2.05. The van der Waals surface area contributed by atoms with E-state index in [0.29, 0.717) is 51.7 Å². The number of nitrogens with zero attached hydrogens (tertiary/aromatic N) is 2. The van der Waals surface area contributed by atoms with Crippen molar-refractivity contribution in [2.45, 2.75) is 44.2 Å². The molecule has 2 rings (SSSR count). The lowest BCUT2D eigenvalue weighted by atomic mass is 9.79. The van der Waals surface area contributed by atoms with Crippen molar-refractivity contribution in [2.24, 2.45) is 21.4 Å². The van der Waals surface area contributed by atoms with Crippen LogP contribution in [0.1, 0.15) is 38.5 Å². The number of carbonyl (C=O) groups excluding carboxylic acids is 2. The molecule has 0 aromatic heterocycles.